The summed E-state index contributed by atoms with van der Waals surface area (Å²) in [7, 11) is 0. The second-order valence-electron chi connectivity index (χ2n) is 5.39. The summed E-state index contributed by atoms with van der Waals surface area (Å²) >= 11 is 0. The van der Waals surface area contributed by atoms with Crippen molar-refractivity contribution in [2.24, 2.45) is 0 Å². The van der Waals surface area contributed by atoms with Gasteiger partial charge in [0.2, 0.25) is 0 Å². The fraction of sp³-hybridized carbons (Fsp3) is 0.353. The molecule has 0 aliphatic carbocycles. The second kappa shape index (κ2) is 7.68. The molecule has 0 saturated carbocycles. The summed E-state index contributed by atoms with van der Waals surface area (Å²) in [5, 5.41) is 1.75. The summed E-state index contributed by atoms with van der Waals surface area (Å²) in [4.78, 5) is 39.8. The van der Waals surface area contributed by atoms with Crippen LogP contribution >= 0.6 is 0 Å². The molecule has 0 atom stereocenters. The summed E-state index contributed by atoms with van der Waals surface area (Å²) in [6.07, 6.45) is -4.18. The number of carbonyl (C=O) groups is 3. The zero-order valence-corrected chi connectivity index (χ0v) is 14.5. The maximum absolute atomic E-state index is 12.9. The first kappa shape index (κ1) is 20.3. The van der Waals surface area contributed by atoms with E-state index >= 15 is 0 Å². The first-order valence-electron chi connectivity index (χ1n) is 7.98. The van der Waals surface area contributed by atoms with Gasteiger partial charge >= 0.3 is 24.0 Å². The minimum Gasteiger partial charge on any atom is -0.464 e. The molecule has 1 aromatic heterocycles. The molecule has 146 valence electrons. The Morgan fingerprint density at radius 3 is 2.11 bits per heavy atom. The lowest BCUT2D eigenvalue weighted by Gasteiger charge is -2.30. The van der Waals surface area contributed by atoms with Gasteiger partial charge in [-0.3, -0.25) is 4.79 Å². The molecule has 7 nitrogen and oxygen atoms in total. The lowest BCUT2D eigenvalue weighted by Crippen LogP contribution is -2.61. The average Bonchev–Trinajstić information content (AvgIpc) is 3.03. The molecule has 0 fully saturated rings. The van der Waals surface area contributed by atoms with Gasteiger partial charge in [0.25, 0.3) is 5.54 Å². The van der Waals surface area contributed by atoms with Crippen molar-refractivity contribution in [2.75, 3.05) is 13.2 Å². The van der Waals surface area contributed by atoms with Gasteiger partial charge in [-0.1, -0.05) is 18.2 Å². The quantitative estimate of drug-likeness (QED) is 0.586. The Hall–Kier alpha value is -3.04. The van der Waals surface area contributed by atoms with Crippen LogP contribution < -0.4 is 5.32 Å². The highest BCUT2D eigenvalue weighted by Gasteiger charge is 2.56. The molecule has 27 heavy (non-hydrogen) atoms. The number of alkyl halides is 3. The maximum atomic E-state index is 12.9. The third-order valence-corrected chi connectivity index (χ3v) is 3.71. The minimum absolute atomic E-state index is 0.215. The Bertz CT molecular complexity index is 842. The standard InChI is InChI=1S/C17H17F3N2O5/c1-3-26-14(24)16(15(25)27-4-2,22-13(23)17(18,19)20)11-9-21-12-8-6-5-7-10(11)12/h5-9,21H,3-4H2,1-2H3,(H,22,23). The van der Waals surface area contributed by atoms with Crippen LogP contribution in [0.15, 0.2) is 30.5 Å². The molecule has 1 amide bonds. The molecule has 1 aromatic carbocycles. The lowest BCUT2D eigenvalue weighted by atomic mass is 9.89. The van der Waals surface area contributed by atoms with E-state index in [4.69, 9.17) is 9.47 Å². The Balaban J connectivity index is 2.75. The van der Waals surface area contributed by atoms with Crippen molar-refractivity contribution in [3.63, 3.8) is 0 Å². The van der Waals surface area contributed by atoms with Crippen LogP contribution in [0.25, 0.3) is 10.9 Å². The molecule has 0 unspecified atom stereocenters. The van der Waals surface area contributed by atoms with E-state index < -0.39 is 29.6 Å². The number of hydrogen-bond acceptors (Lipinski definition) is 5. The number of nitrogens with one attached hydrogen (secondary N) is 2. The molecular formula is C17H17F3N2O5. The van der Waals surface area contributed by atoms with Crippen LogP contribution in [0, 0.1) is 0 Å². The Kier molecular flexibility index (Phi) is 5.77. The number of para-hydroxylation sites is 1. The van der Waals surface area contributed by atoms with Gasteiger partial charge in [0.15, 0.2) is 0 Å². The molecule has 2 rings (SSSR count). The highest BCUT2D eigenvalue weighted by Crippen LogP contribution is 2.33. The zero-order chi connectivity index (χ0) is 20.2. The van der Waals surface area contributed by atoms with Crippen LogP contribution in [0.2, 0.25) is 0 Å². The van der Waals surface area contributed by atoms with Crippen molar-refractivity contribution in [3.8, 4) is 0 Å². The number of benzene rings is 1. The van der Waals surface area contributed by atoms with Crippen LogP contribution in [-0.2, 0) is 29.4 Å². The highest BCUT2D eigenvalue weighted by atomic mass is 19.4. The normalized spacial score (nSPS) is 11.9. The number of halogens is 3. The summed E-state index contributed by atoms with van der Waals surface area (Å²) in [6.45, 7) is 2.36. The fourth-order valence-electron chi connectivity index (χ4n) is 2.57. The third kappa shape index (κ3) is 3.74. The first-order valence-corrected chi connectivity index (χ1v) is 7.98. The molecule has 0 bridgehead atoms. The number of fused-ring (bicyclic) bond motifs is 1. The van der Waals surface area contributed by atoms with Crippen LogP contribution in [0.5, 0.6) is 0 Å². The first-order chi connectivity index (χ1) is 12.7. The fourth-order valence-corrected chi connectivity index (χ4v) is 2.57. The monoisotopic (exact) mass is 386 g/mol. The second-order valence-corrected chi connectivity index (χ2v) is 5.39. The van der Waals surface area contributed by atoms with Crippen molar-refractivity contribution in [2.45, 2.75) is 25.6 Å². The molecule has 0 aliphatic heterocycles. The van der Waals surface area contributed by atoms with Gasteiger partial charge in [-0.2, -0.15) is 13.2 Å². The smallest absolute Gasteiger partial charge is 0.464 e. The van der Waals surface area contributed by atoms with E-state index in [-0.39, 0.29) is 24.2 Å². The predicted molar refractivity (Wildman–Crippen MR) is 87.4 cm³/mol. The molecular weight excluding hydrogens is 369 g/mol. The topological polar surface area (TPSA) is 97.5 Å². The van der Waals surface area contributed by atoms with Crippen molar-refractivity contribution >= 4 is 28.7 Å². The molecule has 2 N–H and O–H groups in total. The number of ether oxygens (including phenoxy) is 2. The molecule has 2 aromatic rings. The number of amides is 1. The number of aromatic nitrogens is 1. The molecule has 1 heterocycles. The number of hydrogen-bond donors (Lipinski definition) is 2. The minimum atomic E-state index is -5.34. The van der Waals surface area contributed by atoms with Crippen molar-refractivity contribution in [3.05, 3.63) is 36.0 Å². The van der Waals surface area contributed by atoms with E-state index in [0.29, 0.717) is 5.52 Å². The SMILES string of the molecule is CCOC(=O)C(NC(=O)C(F)(F)F)(C(=O)OCC)c1c[nH]c2ccccc12. The Morgan fingerprint density at radius 1 is 1.04 bits per heavy atom. The zero-order valence-electron chi connectivity index (χ0n) is 14.5. The van der Waals surface area contributed by atoms with Gasteiger partial charge in [-0.15, -0.1) is 0 Å². The number of H-pyrrole nitrogens is 1. The highest BCUT2D eigenvalue weighted by molar-refractivity contribution is 6.11. The van der Waals surface area contributed by atoms with E-state index in [1.807, 2.05) is 0 Å². The van der Waals surface area contributed by atoms with Crippen molar-refractivity contribution in [1.82, 2.24) is 10.3 Å². The van der Waals surface area contributed by atoms with Crippen molar-refractivity contribution in [1.29, 1.82) is 0 Å². The maximum Gasteiger partial charge on any atom is 0.471 e. The predicted octanol–water partition coefficient (Wildman–Crippen LogP) is 2.17. The average molecular weight is 386 g/mol. The van der Waals surface area contributed by atoms with E-state index in [0.717, 1.165) is 6.20 Å². The Labute approximate surface area is 151 Å². The number of rotatable bonds is 6. The Morgan fingerprint density at radius 2 is 1.59 bits per heavy atom. The third-order valence-electron chi connectivity index (χ3n) is 3.71. The van der Waals surface area contributed by atoms with E-state index in [9.17, 15) is 27.6 Å². The lowest BCUT2D eigenvalue weighted by molar-refractivity contribution is -0.183. The van der Waals surface area contributed by atoms with Crippen LogP contribution in [0.4, 0.5) is 13.2 Å². The van der Waals surface area contributed by atoms with Gasteiger partial charge in [-0.25, -0.2) is 9.59 Å². The summed E-state index contributed by atoms with van der Waals surface area (Å²) in [5.41, 5.74) is -2.60. The van der Waals surface area contributed by atoms with Gasteiger partial charge in [0.1, 0.15) is 0 Å². The van der Waals surface area contributed by atoms with Crippen LogP contribution in [-0.4, -0.2) is 42.2 Å². The molecule has 10 heteroatoms. The van der Waals surface area contributed by atoms with E-state index in [1.165, 1.54) is 25.2 Å². The largest absolute Gasteiger partial charge is 0.471 e. The number of esters is 2. The summed E-state index contributed by atoms with van der Waals surface area (Å²) in [5.74, 6) is -5.24. The molecule has 0 aliphatic rings. The van der Waals surface area contributed by atoms with Crippen LogP contribution in [0.1, 0.15) is 19.4 Å². The number of carbonyl (C=O) groups excluding carboxylic acids is 3. The van der Waals surface area contributed by atoms with Gasteiger partial charge in [-0.05, 0) is 19.9 Å². The van der Waals surface area contributed by atoms with Gasteiger partial charge in [0.05, 0.1) is 13.2 Å². The molecule has 0 radical (unpaired) electrons. The number of aromatic amines is 1. The van der Waals surface area contributed by atoms with E-state index in [1.54, 1.807) is 18.2 Å². The summed E-state index contributed by atoms with van der Waals surface area (Å²) < 4.78 is 48.4. The van der Waals surface area contributed by atoms with E-state index in [2.05, 4.69) is 4.98 Å². The molecule has 0 spiro atoms. The molecule has 0 saturated heterocycles. The van der Waals surface area contributed by atoms with Gasteiger partial charge < -0.3 is 19.8 Å². The van der Waals surface area contributed by atoms with Crippen LogP contribution in [0.3, 0.4) is 0 Å². The van der Waals surface area contributed by atoms with Gasteiger partial charge in [0, 0.05) is 22.7 Å². The summed E-state index contributed by atoms with van der Waals surface area (Å²) in [6, 6.07) is 6.28. The van der Waals surface area contributed by atoms with Crippen molar-refractivity contribution < 1.29 is 37.0 Å².